The molecule has 0 aromatic carbocycles. The number of azide groups is 1. The third-order valence-electron chi connectivity index (χ3n) is 3.79. The van der Waals surface area contributed by atoms with E-state index in [1.807, 2.05) is 4.98 Å². The summed E-state index contributed by atoms with van der Waals surface area (Å²) < 4.78 is 6.44. The van der Waals surface area contributed by atoms with Crippen molar-refractivity contribution < 1.29 is 20.1 Å². The van der Waals surface area contributed by atoms with Crippen LogP contribution >= 0.6 is 0 Å². The van der Waals surface area contributed by atoms with Crippen LogP contribution in [0.2, 0.25) is 0 Å². The Labute approximate surface area is 129 Å². The lowest BCUT2D eigenvalue weighted by Crippen LogP contribution is -2.51. The molecule has 126 valence electrons. The number of nitrogens with zero attached hydrogens (tertiary/aromatic N) is 4. The first-order chi connectivity index (χ1) is 10.9. The molecule has 1 saturated heterocycles. The first-order valence-electron chi connectivity index (χ1n) is 6.97. The molecule has 0 saturated carbocycles. The van der Waals surface area contributed by atoms with E-state index < -0.39 is 41.9 Å². The van der Waals surface area contributed by atoms with Crippen molar-refractivity contribution in [3.63, 3.8) is 0 Å². The zero-order valence-corrected chi connectivity index (χ0v) is 12.3. The van der Waals surface area contributed by atoms with Crippen LogP contribution in [-0.4, -0.2) is 49.8 Å². The molecule has 0 radical (unpaired) electrons. The minimum Gasteiger partial charge on any atom is -0.394 e. The second-order valence-corrected chi connectivity index (χ2v) is 5.20. The topological polar surface area (TPSA) is 174 Å². The Morgan fingerprint density at radius 3 is 2.74 bits per heavy atom. The number of ether oxygens (including phenoxy) is 1. The van der Waals surface area contributed by atoms with E-state index in [1.165, 1.54) is 0 Å². The normalized spacial score (nSPS) is 30.2. The molecule has 1 fully saturated rings. The van der Waals surface area contributed by atoms with Gasteiger partial charge in [0.05, 0.1) is 6.61 Å². The molecule has 0 amide bonds. The summed E-state index contributed by atoms with van der Waals surface area (Å²) in [6, 6.07) is 0. The summed E-state index contributed by atoms with van der Waals surface area (Å²) >= 11 is 0. The van der Waals surface area contributed by atoms with Crippen molar-refractivity contribution in [1.82, 2.24) is 9.55 Å². The van der Waals surface area contributed by atoms with Crippen LogP contribution in [0.1, 0.15) is 19.8 Å². The van der Waals surface area contributed by atoms with Crippen molar-refractivity contribution in [2.75, 3.05) is 6.61 Å². The smallest absolute Gasteiger partial charge is 0.330 e. The van der Waals surface area contributed by atoms with Gasteiger partial charge in [-0.15, -0.1) is 0 Å². The summed E-state index contributed by atoms with van der Waals surface area (Å²) in [6.45, 7) is 1.20. The molecule has 0 bridgehead atoms. The Hall–Kier alpha value is -2.17. The minimum absolute atomic E-state index is 0.114. The van der Waals surface area contributed by atoms with Gasteiger partial charge in [-0.05, 0) is 12.0 Å². The van der Waals surface area contributed by atoms with Crippen molar-refractivity contribution in [3.05, 3.63) is 37.5 Å². The quantitative estimate of drug-likeness (QED) is 0.308. The van der Waals surface area contributed by atoms with Gasteiger partial charge in [-0.1, -0.05) is 18.5 Å². The summed E-state index contributed by atoms with van der Waals surface area (Å²) in [5.41, 5.74) is 4.61. The lowest BCUT2D eigenvalue weighted by molar-refractivity contribution is -0.155. The van der Waals surface area contributed by atoms with Gasteiger partial charge in [-0.3, -0.25) is 14.3 Å². The molecule has 2 rings (SSSR count). The van der Waals surface area contributed by atoms with Crippen LogP contribution in [0.3, 0.4) is 0 Å². The number of nitrogens with one attached hydrogen (secondary N) is 1. The predicted octanol–water partition coefficient (Wildman–Crippen LogP) is -0.956. The zero-order valence-electron chi connectivity index (χ0n) is 12.3. The Balaban J connectivity index is 2.68. The molecule has 1 aromatic heterocycles. The van der Waals surface area contributed by atoms with E-state index in [1.54, 1.807) is 6.92 Å². The van der Waals surface area contributed by atoms with E-state index in [9.17, 15) is 24.9 Å². The van der Waals surface area contributed by atoms with Gasteiger partial charge in [0.15, 0.2) is 5.72 Å². The third-order valence-corrected chi connectivity index (χ3v) is 3.79. The fourth-order valence-corrected chi connectivity index (χ4v) is 2.76. The highest BCUT2D eigenvalue weighted by molar-refractivity contribution is 5.30. The maximum atomic E-state index is 12.1. The Morgan fingerprint density at radius 2 is 2.22 bits per heavy atom. The number of aliphatic hydroxyl groups is 3. The van der Waals surface area contributed by atoms with Gasteiger partial charge in [0, 0.05) is 11.1 Å². The highest BCUT2D eigenvalue weighted by Crippen LogP contribution is 2.38. The van der Waals surface area contributed by atoms with E-state index in [4.69, 9.17) is 10.3 Å². The van der Waals surface area contributed by atoms with Crippen LogP contribution in [0.15, 0.2) is 20.9 Å². The van der Waals surface area contributed by atoms with Crippen LogP contribution < -0.4 is 11.2 Å². The predicted molar refractivity (Wildman–Crippen MR) is 77.0 cm³/mol. The van der Waals surface area contributed by atoms with E-state index in [0.717, 1.165) is 10.8 Å². The molecule has 11 nitrogen and oxygen atoms in total. The van der Waals surface area contributed by atoms with Crippen molar-refractivity contribution in [2.45, 2.75) is 43.8 Å². The summed E-state index contributed by atoms with van der Waals surface area (Å²) in [6.07, 6.45) is -2.51. The van der Waals surface area contributed by atoms with Crippen molar-refractivity contribution in [3.8, 4) is 0 Å². The molecule has 4 N–H and O–H groups in total. The van der Waals surface area contributed by atoms with Gasteiger partial charge in [-0.25, -0.2) is 4.79 Å². The van der Waals surface area contributed by atoms with Crippen molar-refractivity contribution in [2.24, 2.45) is 5.11 Å². The number of aromatic amines is 1. The van der Waals surface area contributed by atoms with E-state index >= 15 is 0 Å². The molecule has 2 heterocycles. The largest absolute Gasteiger partial charge is 0.394 e. The van der Waals surface area contributed by atoms with Gasteiger partial charge >= 0.3 is 5.69 Å². The number of hydrogen-bond donors (Lipinski definition) is 4. The molecule has 1 aromatic rings. The van der Waals surface area contributed by atoms with Gasteiger partial charge < -0.3 is 20.1 Å². The molecule has 0 unspecified atom stereocenters. The van der Waals surface area contributed by atoms with Gasteiger partial charge in [-0.2, -0.15) is 0 Å². The maximum absolute atomic E-state index is 12.1. The molecule has 4 atom stereocenters. The molecule has 0 spiro atoms. The summed E-state index contributed by atoms with van der Waals surface area (Å²) in [5, 5.41) is 32.8. The number of H-pyrrole nitrogens is 1. The average molecular weight is 327 g/mol. The summed E-state index contributed by atoms with van der Waals surface area (Å²) in [5.74, 6) is 0. The van der Waals surface area contributed by atoms with Crippen LogP contribution in [0.25, 0.3) is 10.4 Å². The number of aromatic nitrogens is 2. The van der Waals surface area contributed by atoms with Gasteiger partial charge in [0.25, 0.3) is 5.56 Å². The standard InChI is InChI=1S/C12H17N5O6/c1-2-3-12(9(20)8(19)7(5-18)23-12)17-4-6(15-16-13)10(21)14-11(17)22/h4,7-9,18-20H,2-3,5H2,1H3,(H,14,21,22)/t7-,8-,9-,12-/m1/s1. The average Bonchev–Trinajstić information content (AvgIpc) is 2.76. The summed E-state index contributed by atoms with van der Waals surface area (Å²) in [7, 11) is 0. The molecule has 1 aliphatic heterocycles. The number of aliphatic hydroxyl groups excluding tert-OH is 3. The van der Waals surface area contributed by atoms with Crippen molar-refractivity contribution in [1.29, 1.82) is 0 Å². The highest BCUT2D eigenvalue weighted by atomic mass is 16.6. The first-order valence-corrected chi connectivity index (χ1v) is 6.97. The molecule has 11 heteroatoms. The number of hydrogen-bond acceptors (Lipinski definition) is 7. The third kappa shape index (κ3) is 2.76. The molecule has 0 aliphatic carbocycles. The van der Waals surface area contributed by atoms with Crippen LogP contribution in [-0.2, 0) is 10.5 Å². The zero-order chi connectivity index (χ0) is 17.2. The highest BCUT2D eigenvalue weighted by Gasteiger charge is 2.55. The van der Waals surface area contributed by atoms with Gasteiger partial charge in [0.2, 0.25) is 0 Å². The lowest BCUT2D eigenvalue weighted by atomic mass is 9.97. The van der Waals surface area contributed by atoms with Crippen molar-refractivity contribution >= 4 is 5.69 Å². The Morgan fingerprint density at radius 1 is 1.52 bits per heavy atom. The fourth-order valence-electron chi connectivity index (χ4n) is 2.76. The summed E-state index contributed by atoms with van der Waals surface area (Å²) in [4.78, 5) is 28.2. The Kier molecular flexibility index (Phi) is 4.88. The van der Waals surface area contributed by atoms with Crippen LogP contribution in [0.4, 0.5) is 5.69 Å². The number of rotatable bonds is 5. The first kappa shape index (κ1) is 17.2. The molecular formula is C12H17N5O6. The van der Waals surface area contributed by atoms with Crippen LogP contribution in [0, 0.1) is 0 Å². The van der Waals surface area contributed by atoms with E-state index in [2.05, 4.69) is 10.0 Å². The fraction of sp³-hybridized carbons (Fsp3) is 0.667. The maximum Gasteiger partial charge on any atom is 0.330 e. The minimum atomic E-state index is -1.69. The van der Waals surface area contributed by atoms with Crippen LogP contribution in [0.5, 0.6) is 0 Å². The monoisotopic (exact) mass is 327 g/mol. The molecular weight excluding hydrogens is 310 g/mol. The molecule has 23 heavy (non-hydrogen) atoms. The van der Waals surface area contributed by atoms with E-state index in [0.29, 0.717) is 6.42 Å². The second kappa shape index (κ2) is 6.52. The van der Waals surface area contributed by atoms with E-state index in [-0.39, 0.29) is 12.1 Å². The lowest BCUT2D eigenvalue weighted by Gasteiger charge is -2.33. The SMILES string of the molecule is CCC[C@@]1(n2cc(N=[N+]=[N-])c(=O)[nH]c2=O)O[C@H](CO)[C@@H](O)[C@H]1O. The molecule has 1 aliphatic rings. The second-order valence-electron chi connectivity index (χ2n) is 5.20. The Bertz CT molecular complexity index is 738. The van der Waals surface area contributed by atoms with Gasteiger partial charge in [0.1, 0.15) is 24.0 Å².